The summed E-state index contributed by atoms with van der Waals surface area (Å²) in [5.74, 6) is -3.76. The van der Waals surface area contributed by atoms with E-state index in [-0.39, 0.29) is 26.2 Å². The van der Waals surface area contributed by atoms with Crippen LogP contribution in [0.25, 0.3) is 0 Å². The van der Waals surface area contributed by atoms with E-state index in [1.807, 2.05) is 0 Å². The van der Waals surface area contributed by atoms with Crippen molar-refractivity contribution in [3.63, 3.8) is 0 Å². The number of nitrogens with zero attached hydrogens (tertiary/aromatic N) is 2. The number of carboxylic acids is 1. The highest BCUT2D eigenvalue weighted by Crippen LogP contribution is 2.20. The van der Waals surface area contributed by atoms with Gasteiger partial charge in [-0.05, 0) is 0 Å². The molecule has 0 radical (unpaired) electrons. The Kier molecular flexibility index (Phi) is 5.53. The van der Waals surface area contributed by atoms with Gasteiger partial charge in [0.2, 0.25) is 5.91 Å². The highest BCUT2D eigenvalue weighted by atomic mass is 19.4. The van der Waals surface area contributed by atoms with Crippen molar-refractivity contribution >= 4 is 17.8 Å². The summed E-state index contributed by atoms with van der Waals surface area (Å²) >= 11 is 0. The summed E-state index contributed by atoms with van der Waals surface area (Å²) in [5, 5.41) is 8.66. The van der Waals surface area contributed by atoms with Crippen LogP contribution in [0, 0.1) is 0 Å². The first kappa shape index (κ1) is 17.2. The van der Waals surface area contributed by atoms with Gasteiger partial charge in [-0.1, -0.05) is 0 Å². The molecule has 1 atom stereocenters. The van der Waals surface area contributed by atoms with Gasteiger partial charge in [-0.3, -0.25) is 14.4 Å². The Morgan fingerprint density at radius 2 is 2.00 bits per heavy atom. The second-order valence-corrected chi connectivity index (χ2v) is 4.54. The number of rotatable bonds is 4. The van der Waals surface area contributed by atoms with Crippen LogP contribution in [0.15, 0.2) is 0 Å². The van der Waals surface area contributed by atoms with Crippen LogP contribution in [0.5, 0.6) is 0 Å². The molecule has 0 saturated carbocycles. The summed E-state index contributed by atoms with van der Waals surface area (Å²) in [5.41, 5.74) is 0. The van der Waals surface area contributed by atoms with Crippen molar-refractivity contribution in [3.8, 4) is 0 Å². The number of carboxylic acid groups (broad SMARTS) is 1. The zero-order valence-electron chi connectivity index (χ0n) is 11.2. The van der Waals surface area contributed by atoms with Gasteiger partial charge in [-0.2, -0.15) is 13.2 Å². The van der Waals surface area contributed by atoms with Gasteiger partial charge in [-0.15, -0.1) is 0 Å². The molecule has 0 aliphatic carbocycles. The molecule has 0 aromatic heterocycles. The molecule has 1 aliphatic rings. The SMILES string of the molecule is CC(=O)N(CC(=O)O)CC1CN(C(=O)C(F)(F)F)CCO1. The standard InChI is InChI=1S/C11H15F3N2O5/c1-7(17)16(6-9(18)19)5-8-4-15(2-3-21-8)10(20)11(12,13)14/h8H,2-6H2,1H3,(H,18,19). The summed E-state index contributed by atoms with van der Waals surface area (Å²) in [6, 6.07) is 0. The molecular weight excluding hydrogens is 297 g/mol. The summed E-state index contributed by atoms with van der Waals surface area (Å²) in [6.45, 7) is -0.281. The number of hydrogen-bond acceptors (Lipinski definition) is 4. The summed E-state index contributed by atoms with van der Waals surface area (Å²) < 4.78 is 42.2. The number of alkyl halides is 3. The third-order valence-corrected chi connectivity index (χ3v) is 2.86. The molecule has 120 valence electrons. The molecule has 0 aromatic carbocycles. The predicted molar refractivity (Wildman–Crippen MR) is 62.3 cm³/mol. The molecule has 0 spiro atoms. The van der Waals surface area contributed by atoms with Crippen LogP contribution in [0.3, 0.4) is 0 Å². The molecule has 1 saturated heterocycles. The molecule has 1 N–H and O–H groups in total. The Morgan fingerprint density at radius 3 is 2.48 bits per heavy atom. The average Bonchev–Trinajstić information content (AvgIpc) is 2.35. The smallest absolute Gasteiger partial charge is 0.471 e. The first-order chi connectivity index (χ1) is 9.61. The topological polar surface area (TPSA) is 87.2 Å². The molecule has 1 fully saturated rings. The van der Waals surface area contributed by atoms with E-state index in [1.165, 1.54) is 0 Å². The fourth-order valence-corrected chi connectivity index (χ4v) is 1.91. The molecule has 1 aliphatic heterocycles. The maximum absolute atomic E-state index is 12.3. The molecular formula is C11H15F3N2O5. The van der Waals surface area contributed by atoms with Crippen molar-refractivity contribution in [1.29, 1.82) is 0 Å². The Bertz CT molecular complexity index is 427. The lowest BCUT2D eigenvalue weighted by Crippen LogP contribution is -2.53. The fraction of sp³-hybridized carbons (Fsp3) is 0.727. The summed E-state index contributed by atoms with van der Waals surface area (Å²) in [7, 11) is 0. The number of amides is 2. The molecule has 7 nitrogen and oxygen atoms in total. The normalized spacial score (nSPS) is 19.2. The quantitative estimate of drug-likeness (QED) is 0.771. The van der Waals surface area contributed by atoms with E-state index in [1.54, 1.807) is 0 Å². The maximum Gasteiger partial charge on any atom is 0.471 e. The van der Waals surface area contributed by atoms with Gasteiger partial charge < -0.3 is 19.6 Å². The number of carbonyl (C=O) groups excluding carboxylic acids is 2. The Labute approximate surface area is 118 Å². The summed E-state index contributed by atoms with van der Waals surface area (Å²) in [4.78, 5) is 34.5. The highest BCUT2D eigenvalue weighted by Gasteiger charge is 2.44. The van der Waals surface area contributed by atoms with Crippen LogP contribution in [0.1, 0.15) is 6.92 Å². The zero-order valence-corrected chi connectivity index (χ0v) is 11.2. The van der Waals surface area contributed by atoms with Crippen LogP contribution in [0.4, 0.5) is 13.2 Å². The van der Waals surface area contributed by atoms with E-state index in [4.69, 9.17) is 9.84 Å². The molecule has 0 bridgehead atoms. The third-order valence-electron chi connectivity index (χ3n) is 2.86. The van der Waals surface area contributed by atoms with Gasteiger partial charge in [0, 0.05) is 26.6 Å². The van der Waals surface area contributed by atoms with Gasteiger partial charge in [-0.25, -0.2) is 0 Å². The Morgan fingerprint density at radius 1 is 1.38 bits per heavy atom. The van der Waals surface area contributed by atoms with Gasteiger partial charge in [0.25, 0.3) is 0 Å². The minimum absolute atomic E-state index is 0.106. The van der Waals surface area contributed by atoms with Gasteiger partial charge >= 0.3 is 18.1 Å². The Hall–Kier alpha value is -1.84. The van der Waals surface area contributed by atoms with Gasteiger partial charge in [0.1, 0.15) is 6.54 Å². The molecule has 1 rings (SSSR count). The first-order valence-corrected chi connectivity index (χ1v) is 6.06. The Balaban J connectivity index is 2.65. The summed E-state index contributed by atoms with van der Waals surface area (Å²) in [6.07, 6.45) is -5.82. The molecule has 1 heterocycles. The molecule has 21 heavy (non-hydrogen) atoms. The van der Waals surface area contributed by atoms with E-state index in [0.29, 0.717) is 4.90 Å². The van der Waals surface area contributed by atoms with Crippen LogP contribution in [-0.2, 0) is 19.1 Å². The van der Waals surface area contributed by atoms with Crippen molar-refractivity contribution in [2.75, 3.05) is 32.8 Å². The van der Waals surface area contributed by atoms with Crippen molar-refractivity contribution in [2.45, 2.75) is 19.2 Å². The van der Waals surface area contributed by atoms with Crippen LogP contribution in [-0.4, -0.2) is 77.8 Å². The largest absolute Gasteiger partial charge is 0.480 e. The molecule has 0 aromatic rings. The second-order valence-electron chi connectivity index (χ2n) is 4.54. The second kappa shape index (κ2) is 6.74. The minimum Gasteiger partial charge on any atom is -0.480 e. The lowest BCUT2D eigenvalue weighted by Gasteiger charge is -2.35. The van der Waals surface area contributed by atoms with Crippen molar-refractivity contribution in [2.24, 2.45) is 0 Å². The highest BCUT2D eigenvalue weighted by molar-refractivity contribution is 5.82. The number of aliphatic carboxylic acids is 1. The van der Waals surface area contributed by atoms with Crippen molar-refractivity contribution < 1.29 is 37.4 Å². The number of hydrogen-bond donors (Lipinski definition) is 1. The number of ether oxygens (including phenoxy) is 1. The van der Waals surface area contributed by atoms with E-state index >= 15 is 0 Å². The van der Waals surface area contributed by atoms with Gasteiger partial charge in [0.05, 0.1) is 12.7 Å². The number of morpholine rings is 1. The lowest BCUT2D eigenvalue weighted by atomic mass is 10.2. The lowest BCUT2D eigenvalue weighted by molar-refractivity contribution is -0.191. The van der Waals surface area contributed by atoms with E-state index in [9.17, 15) is 27.6 Å². The number of carbonyl (C=O) groups is 3. The van der Waals surface area contributed by atoms with Crippen LogP contribution < -0.4 is 0 Å². The zero-order chi connectivity index (χ0) is 16.2. The molecule has 10 heteroatoms. The molecule has 2 amide bonds. The predicted octanol–water partition coefficient (Wildman–Crippen LogP) is -0.291. The third kappa shape index (κ3) is 5.21. The van der Waals surface area contributed by atoms with Crippen LogP contribution in [0.2, 0.25) is 0 Å². The van der Waals surface area contributed by atoms with Crippen molar-refractivity contribution in [3.05, 3.63) is 0 Å². The van der Waals surface area contributed by atoms with Crippen LogP contribution >= 0.6 is 0 Å². The van der Waals surface area contributed by atoms with E-state index < -0.39 is 36.6 Å². The maximum atomic E-state index is 12.3. The van der Waals surface area contributed by atoms with Crippen molar-refractivity contribution in [1.82, 2.24) is 9.80 Å². The fourth-order valence-electron chi connectivity index (χ4n) is 1.91. The first-order valence-electron chi connectivity index (χ1n) is 6.06. The van der Waals surface area contributed by atoms with Gasteiger partial charge in [0.15, 0.2) is 0 Å². The van der Waals surface area contributed by atoms with E-state index in [0.717, 1.165) is 11.8 Å². The number of halogens is 3. The van der Waals surface area contributed by atoms with E-state index in [2.05, 4.69) is 0 Å². The average molecular weight is 312 g/mol. The molecule has 1 unspecified atom stereocenters. The monoisotopic (exact) mass is 312 g/mol. The minimum atomic E-state index is -4.97.